The Labute approximate surface area is 133 Å². The number of ether oxygens (including phenoxy) is 1. The van der Waals surface area contributed by atoms with E-state index in [1.807, 2.05) is 22.9 Å². The van der Waals surface area contributed by atoms with Gasteiger partial charge in [0.15, 0.2) is 0 Å². The van der Waals surface area contributed by atoms with Crippen molar-refractivity contribution in [2.24, 2.45) is 0 Å². The smallest absolute Gasteiger partial charge is 0.465 e. The fraction of sp³-hybridized carbons (Fsp3) is 0.125. The quantitative estimate of drug-likeness (QED) is 0.543. The number of benzene rings is 2. The second-order valence-electron chi connectivity index (χ2n) is 5.18. The van der Waals surface area contributed by atoms with Gasteiger partial charge >= 0.3 is 13.1 Å². The second-order valence-corrected chi connectivity index (χ2v) is 5.18. The maximum Gasteiger partial charge on any atom is 0.488 e. The highest BCUT2D eigenvalue weighted by atomic mass is 16.5. The van der Waals surface area contributed by atoms with Crippen molar-refractivity contribution >= 4 is 29.5 Å². The first-order valence-corrected chi connectivity index (χ1v) is 7.07. The molecule has 6 nitrogen and oxygen atoms in total. The van der Waals surface area contributed by atoms with Crippen LogP contribution in [0.3, 0.4) is 0 Å². The second kappa shape index (κ2) is 6.24. The molecule has 0 amide bonds. The molecule has 3 aromatic rings. The highest BCUT2D eigenvalue weighted by Gasteiger charge is 2.11. The Morgan fingerprint density at radius 2 is 1.96 bits per heavy atom. The van der Waals surface area contributed by atoms with Gasteiger partial charge in [-0.1, -0.05) is 24.3 Å². The molecule has 7 heteroatoms. The lowest BCUT2D eigenvalue weighted by Gasteiger charge is -2.06. The van der Waals surface area contributed by atoms with Crippen LogP contribution in [0.15, 0.2) is 48.7 Å². The third kappa shape index (κ3) is 3.11. The first kappa shape index (κ1) is 15.3. The average Bonchev–Trinajstić information content (AvgIpc) is 2.96. The fourth-order valence-electron chi connectivity index (χ4n) is 2.43. The van der Waals surface area contributed by atoms with Gasteiger partial charge in [0.2, 0.25) is 0 Å². The van der Waals surface area contributed by atoms with Crippen LogP contribution in [0.5, 0.6) is 0 Å². The van der Waals surface area contributed by atoms with E-state index >= 15 is 0 Å². The monoisotopic (exact) mass is 310 g/mol. The standard InChI is InChI=1S/C16H15BN2O4/c1-23-16(20)12-4-7-15-13(8-12)9-18-19(15)10-11-2-5-14(6-3-11)17(21)22/h2-9,21-22H,10H2,1H3. The Balaban J connectivity index is 1.87. The van der Waals surface area contributed by atoms with Gasteiger partial charge in [-0.3, -0.25) is 4.68 Å². The zero-order chi connectivity index (χ0) is 16.4. The lowest BCUT2D eigenvalue weighted by molar-refractivity contribution is 0.0601. The van der Waals surface area contributed by atoms with Gasteiger partial charge in [0, 0.05) is 5.39 Å². The Hall–Kier alpha value is -2.64. The predicted molar refractivity (Wildman–Crippen MR) is 86.4 cm³/mol. The van der Waals surface area contributed by atoms with Gasteiger partial charge in [-0.25, -0.2) is 4.79 Å². The van der Waals surface area contributed by atoms with Crippen molar-refractivity contribution in [3.63, 3.8) is 0 Å². The molecule has 0 bridgehead atoms. The molecule has 0 unspecified atom stereocenters. The van der Waals surface area contributed by atoms with Crippen molar-refractivity contribution in [1.29, 1.82) is 0 Å². The molecule has 0 aliphatic carbocycles. The molecule has 0 aliphatic rings. The van der Waals surface area contributed by atoms with Crippen LogP contribution in [0.4, 0.5) is 0 Å². The number of rotatable bonds is 4. The number of carbonyl (C=O) groups is 1. The summed E-state index contributed by atoms with van der Waals surface area (Å²) in [6.07, 6.45) is 1.70. The minimum atomic E-state index is -1.47. The first-order valence-electron chi connectivity index (χ1n) is 7.07. The molecule has 2 N–H and O–H groups in total. The third-order valence-electron chi connectivity index (χ3n) is 3.67. The summed E-state index contributed by atoms with van der Waals surface area (Å²) in [5.74, 6) is -0.377. The lowest BCUT2D eigenvalue weighted by Crippen LogP contribution is -2.29. The molecule has 0 saturated heterocycles. The van der Waals surface area contributed by atoms with Crippen LogP contribution in [-0.4, -0.2) is 40.0 Å². The number of hydrogen-bond acceptors (Lipinski definition) is 5. The van der Waals surface area contributed by atoms with Crippen LogP contribution in [0.2, 0.25) is 0 Å². The molecular formula is C16H15BN2O4. The zero-order valence-corrected chi connectivity index (χ0v) is 12.5. The van der Waals surface area contributed by atoms with Crippen molar-refractivity contribution in [1.82, 2.24) is 9.78 Å². The summed E-state index contributed by atoms with van der Waals surface area (Å²) >= 11 is 0. The highest BCUT2D eigenvalue weighted by molar-refractivity contribution is 6.58. The van der Waals surface area contributed by atoms with Gasteiger partial charge in [-0.05, 0) is 29.2 Å². The first-order chi connectivity index (χ1) is 11.1. The van der Waals surface area contributed by atoms with Crippen molar-refractivity contribution in [3.8, 4) is 0 Å². The maximum absolute atomic E-state index is 11.6. The van der Waals surface area contributed by atoms with Crippen LogP contribution in [-0.2, 0) is 11.3 Å². The van der Waals surface area contributed by atoms with E-state index < -0.39 is 7.12 Å². The molecule has 0 fully saturated rings. The number of nitrogens with zero attached hydrogens (tertiary/aromatic N) is 2. The largest absolute Gasteiger partial charge is 0.488 e. The van der Waals surface area contributed by atoms with E-state index in [1.54, 1.807) is 30.5 Å². The number of methoxy groups -OCH3 is 1. The third-order valence-corrected chi connectivity index (χ3v) is 3.67. The number of hydrogen-bond donors (Lipinski definition) is 2. The SMILES string of the molecule is COC(=O)c1ccc2c(cnn2Cc2ccc(B(O)O)cc2)c1. The Morgan fingerprint density at radius 3 is 2.61 bits per heavy atom. The highest BCUT2D eigenvalue weighted by Crippen LogP contribution is 2.17. The van der Waals surface area contributed by atoms with E-state index in [0.29, 0.717) is 17.6 Å². The normalized spacial score (nSPS) is 10.7. The number of carbonyl (C=O) groups excluding carboxylic acids is 1. The summed E-state index contributed by atoms with van der Waals surface area (Å²) in [7, 11) is -0.116. The van der Waals surface area contributed by atoms with Crippen LogP contribution in [0.1, 0.15) is 15.9 Å². The molecular weight excluding hydrogens is 295 g/mol. The van der Waals surface area contributed by atoms with Crippen molar-refractivity contribution in [2.45, 2.75) is 6.54 Å². The summed E-state index contributed by atoms with van der Waals surface area (Å²) < 4.78 is 6.53. The lowest BCUT2D eigenvalue weighted by atomic mass is 9.80. The van der Waals surface area contributed by atoms with Crippen LogP contribution >= 0.6 is 0 Å². The molecule has 0 saturated carbocycles. The van der Waals surface area contributed by atoms with E-state index in [2.05, 4.69) is 5.10 Å². The summed E-state index contributed by atoms with van der Waals surface area (Å²) in [4.78, 5) is 11.6. The Kier molecular flexibility index (Phi) is 4.14. The molecule has 0 aliphatic heterocycles. The minimum Gasteiger partial charge on any atom is -0.465 e. The van der Waals surface area contributed by atoms with E-state index in [9.17, 15) is 4.79 Å². The molecule has 2 aromatic carbocycles. The van der Waals surface area contributed by atoms with E-state index in [4.69, 9.17) is 14.8 Å². The average molecular weight is 310 g/mol. The fourth-order valence-corrected chi connectivity index (χ4v) is 2.43. The van der Waals surface area contributed by atoms with Crippen LogP contribution in [0, 0.1) is 0 Å². The number of fused-ring (bicyclic) bond motifs is 1. The van der Waals surface area contributed by atoms with Gasteiger partial charge < -0.3 is 14.8 Å². The molecule has 116 valence electrons. The van der Waals surface area contributed by atoms with Crippen molar-refractivity contribution < 1.29 is 19.6 Å². The summed E-state index contributed by atoms with van der Waals surface area (Å²) in [6, 6.07) is 12.3. The van der Waals surface area contributed by atoms with Crippen LogP contribution in [0.25, 0.3) is 10.9 Å². The molecule has 3 rings (SSSR count). The van der Waals surface area contributed by atoms with Crippen molar-refractivity contribution in [2.75, 3.05) is 7.11 Å². The van der Waals surface area contributed by atoms with E-state index in [1.165, 1.54) is 7.11 Å². The molecule has 0 spiro atoms. The molecule has 23 heavy (non-hydrogen) atoms. The van der Waals surface area contributed by atoms with Gasteiger partial charge in [0.05, 0.1) is 30.9 Å². The minimum absolute atomic E-state index is 0.377. The zero-order valence-electron chi connectivity index (χ0n) is 12.5. The summed E-state index contributed by atoms with van der Waals surface area (Å²) in [5.41, 5.74) is 2.82. The molecule has 1 heterocycles. The number of aromatic nitrogens is 2. The molecule has 1 aromatic heterocycles. The molecule has 0 atom stereocenters. The molecule has 0 radical (unpaired) electrons. The topological polar surface area (TPSA) is 84.6 Å². The maximum atomic E-state index is 11.6. The Morgan fingerprint density at radius 1 is 1.22 bits per heavy atom. The van der Waals surface area contributed by atoms with E-state index in [0.717, 1.165) is 16.5 Å². The van der Waals surface area contributed by atoms with Gasteiger partial charge in [0.25, 0.3) is 0 Å². The number of esters is 1. The van der Waals surface area contributed by atoms with Crippen molar-refractivity contribution in [3.05, 3.63) is 59.8 Å². The summed E-state index contributed by atoms with van der Waals surface area (Å²) in [6.45, 7) is 0.545. The van der Waals surface area contributed by atoms with Gasteiger partial charge in [0.1, 0.15) is 0 Å². The summed E-state index contributed by atoms with van der Waals surface area (Å²) in [5, 5.41) is 23.4. The van der Waals surface area contributed by atoms with E-state index in [-0.39, 0.29) is 5.97 Å². The Bertz CT molecular complexity index is 843. The van der Waals surface area contributed by atoms with Crippen LogP contribution < -0.4 is 5.46 Å². The van der Waals surface area contributed by atoms with Gasteiger partial charge in [-0.15, -0.1) is 0 Å². The predicted octanol–water partition coefficient (Wildman–Crippen LogP) is 0.551. The van der Waals surface area contributed by atoms with Gasteiger partial charge in [-0.2, -0.15) is 5.10 Å².